The Morgan fingerprint density at radius 3 is 2.73 bits per heavy atom. The second-order valence-electron chi connectivity index (χ2n) is 3.27. The molecule has 2 N–H and O–H groups in total. The molecule has 0 aliphatic heterocycles. The first-order valence-electron chi connectivity index (χ1n) is 4.98. The summed E-state index contributed by atoms with van der Waals surface area (Å²) in [7, 11) is 0. The van der Waals surface area contributed by atoms with Crippen molar-refractivity contribution in [3.8, 4) is 0 Å². The molecular weight excluding hydrogens is 212 g/mol. The Morgan fingerprint density at radius 1 is 1.40 bits per heavy atom. The van der Waals surface area contributed by atoms with Crippen molar-refractivity contribution < 1.29 is 0 Å². The zero-order valence-electron chi connectivity index (χ0n) is 9.06. The van der Waals surface area contributed by atoms with E-state index in [0.29, 0.717) is 17.3 Å². The largest absolute Gasteiger partial charge is 0.334 e. The molecule has 6 heteroatoms. The van der Waals surface area contributed by atoms with E-state index in [1.54, 1.807) is 0 Å². The fraction of sp³-hybridized carbons (Fsp3) is 0.667. The van der Waals surface area contributed by atoms with Crippen LogP contribution in [0.3, 0.4) is 0 Å². The Hall–Kier alpha value is -1.04. The van der Waals surface area contributed by atoms with Gasteiger partial charge in [-0.15, -0.1) is 10.2 Å². The number of aromatic nitrogens is 3. The number of thioether (sulfide) groups is 1. The van der Waals surface area contributed by atoms with Gasteiger partial charge in [-0.3, -0.25) is 4.79 Å². The van der Waals surface area contributed by atoms with Gasteiger partial charge in [0.15, 0.2) is 0 Å². The average Bonchev–Trinajstić information content (AvgIpc) is 2.25. The van der Waals surface area contributed by atoms with Crippen LogP contribution in [0.2, 0.25) is 0 Å². The van der Waals surface area contributed by atoms with E-state index in [1.807, 2.05) is 6.26 Å². The number of hydrogen-bond donors (Lipinski definition) is 1. The number of hydrogen-bond acceptors (Lipinski definition) is 5. The molecule has 0 saturated heterocycles. The van der Waals surface area contributed by atoms with Gasteiger partial charge in [-0.1, -0.05) is 31.5 Å². The van der Waals surface area contributed by atoms with Gasteiger partial charge >= 0.3 is 0 Å². The molecule has 0 aliphatic rings. The maximum absolute atomic E-state index is 11.7. The highest BCUT2D eigenvalue weighted by atomic mass is 32.2. The summed E-state index contributed by atoms with van der Waals surface area (Å²) >= 11 is 1.31. The van der Waals surface area contributed by atoms with Crippen LogP contribution >= 0.6 is 11.8 Å². The van der Waals surface area contributed by atoms with Crippen molar-refractivity contribution in [2.45, 2.75) is 37.8 Å². The molecule has 0 atom stereocenters. The Balaban J connectivity index is 2.83. The summed E-state index contributed by atoms with van der Waals surface area (Å²) in [5.74, 6) is 5.58. The fourth-order valence-corrected chi connectivity index (χ4v) is 1.66. The molecule has 5 nitrogen and oxygen atoms in total. The van der Waals surface area contributed by atoms with Crippen LogP contribution in [0.1, 0.15) is 31.9 Å². The number of aryl methyl sites for hydroxylation is 1. The first-order chi connectivity index (χ1) is 7.20. The van der Waals surface area contributed by atoms with E-state index in [4.69, 9.17) is 5.84 Å². The zero-order chi connectivity index (χ0) is 11.3. The summed E-state index contributed by atoms with van der Waals surface area (Å²) in [5, 5.41) is 8.23. The maximum atomic E-state index is 11.7. The zero-order valence-corrected chi connectivity index (χ0v) is 9.88. The van der Waals surface area contributed by atoms with Crippen molar-refractivity contribution in [3.05, 3.63) is 16.0 Å². The summed E-state index contributed by atoms with van der Waals surface area (Å²) < 4.78 is 1.07. The molecular formula is C9H16N4OS. The maximum Gasteiger partial charge on any atom is 0.294 e. The molecule has 0 amide bonds. The van der Waals surface area contributed by atoms with Gasteiger partial charge in [0.25, 0.3) is 5.56 Å². The third-order valence-electron chi connectivity index (χ3n) is 2.13. The standard InChI is InChI=1S/C9H16N4OS/c1-3-4-5-6-7-8(14)13(10)9(15-2)12-11-7/h3-6,10H2,1-2H3. The lowest BCUT2D eigenvalue weighted by Gasteiger charge is -2.04. The van der Waals surface area contributed by atoms with Crippen molar-refractivity contribution in [3.63, 3.8) is 0 Å². The predicted octanol–water partition coefficient (Wildman–Crippen LogP) is 0.807. The lowest BCUT2D eigenvalue weighted by molar-refractivity contribution is 0.634. The first kappa shape index (κ1) is 12.0. The topological polar surface area (TPSA) is 73.8 Å². The minimum absolute atomic E-state index is 0.231. The molecule has 0 aliphatic carbocycles. The highest BCUT2D eigenvalue weighted by molar-refractivity contribution is 7.98. The summed E-state index contributed by atoms with van der Waals surface area (Å²) in [4.78, 5) is 11.7. The number of rotatable bonds is 5. The Labute approximate surface area is 93.1 Å². The van der Waals surface area contributed by atoms with Crippen LogP contribution in [0.4, 0.5) is 0 Å². The Morgan fingerprint density at radius 2 is 2.13 bits per heavy atom. The molecule has 1 rings (SSSR count). The molecule has 84 valence electrons. The lowest BCUT2D eigenvalue weighted by atomic mass is 10.2. The van der Waals surface area contributed by atoms with E-state index >= 15 is 0 Å². The molecule has 15 heavy (non-hydrogen) atoms. The molecule has 0 bridgehead atoms. The fourth-order valence-electron chi connectivity index (χ4n) is 1.26. The summed E-state index contributed by atoms with van der Waals surface area (Å²) in [6, 6.07) is 0. The van der Waals surface area contributed by atoms with Gasteiger partial charge in [-0.05, 0) is 19.1 Å². The van der Waals surface area contributed by atoms with E-state index in [0.717, 1.165) is 23.9 Å². The van der Waals surface area contributed by atoms with Crippen LogP contribution < -0.4 is 11.4 Å². The summed E-state index contributed by atoms with van der Waals surface area (Å²) in [5.41, 5.74) is 0.231. The lowest BCUT2D eigenvalue weighted by Crippen LogP contribution is -2.33. The second kappa shape index (κ2) is 5.75. The average molecular weight is 228 g/mol. The molecule has 0 fully saturated rings. The third-order valence-corrected chi connectivity index (χ3v) is 2.77. The van der Waals surface area contributed by atoms with Gasteiger partial charge in [-0.2, -0.15) is 4.68 Å². The molecule has 1 aromatic rings. The van der Waals surface area contributed by atoms with Crippen LogP contribution in [0.5, 0.6) is 0 Å². The first-order valence-corrected chi connectivity index (χ1v) is 6.20. The molecule has 0 saturated carbocycles. The van der Waals surface area contributed by atoms with Crippen molar-refractivity contribution in [1.29, 1.82) is 0 Å². The van der Waals surface area contributed by atoms with Crippen LogP contribution in [-0.4, -0.2) is 21.1 Å². The van der Waals surface area contributed by atoms with Crippen molar-refractivity contribution in [2.24, 2.45) is 0 Å². The van der Waals surface area contributed by atoms with E-state index in [9.17, 15) is 4.79 Å². The third kappa shape index (κ3) is 2.95. The van der Waals surface area contributed by atoms with Crippen molar-refractivity contribution >= 4 is 11.8 Å². The Bertz CT molecular complexity index is 377. The number of unbranched alkanes of at least 4 members (excludes halogenated alkanes) is 2. The van der Waals surface area contributed by atoms with Crippen LogP contribution in [0, 0.1) is 0 Å². The van der Waals surface area contributed by atoms with Gasteiger partial charge < -0.3 is 5.84 Å². The molecule has 1 aromatic heterocycles. The monoisotopic (exact) mass is 228 g/mol. The van der Waals surface area contributed by atoms with Crippen LogP contribution in [0.25, 0.3) is 0 Å². The van der Waals surface area contributed by atoms with Gasteiger partial charge in [0.1, 0.15) is 5.69 Å². The van der Waals surface area contributed by atoms with Gasteiger partial charge in [0, 0.05) is 0 Å². The number of nitrogen functional groups attached to an aromatic ring is 1. The van der Waals surface area contributed by atoms with E-state index in [1.165, 1.54) is 11.8 Å². The molecule has 1 heterocycles. The molecule has 0 aromatic carbocycles. The molecule has 0 unspecified atom stereocenters. The van der Waals surface area contributed by atoms with Crippen LogP contribution in [0.15, 0.2) is 9.95 Å². The predicted molar refractivity (Wildman–Crippen MR) is 61.5 cm³/mol. The number of nitrogens with two attached hydrogens (primary N) is 1. The van der Waals surface area contributed by atoms with E-state index in [2.05, 4.69) is 17.1 Å². The summed E-state index contributed by atoms with van der Waals surface area (Å²) in [6.07, 6.45) is 5.64. The highest BCUT2D eigenvalue weighted by Gasteiger charge is 2.08. The van der Waals surface area contributed by atoms with Gasteiger partial charge in [-0.25, -0.2) is 0 Å². The van der Waals surface area contributed by atoms with E-state index in [-0.39, 0.29) is 5.56 Å². The number of nitrogens with zero attached hydrogens (tertiary/aromatic N) is 3. The Kier molecular flexibility index (Phi) is 4.61. The minimum atomic E-state index is -0.231. The van der Waals surface area contributed by atoms with Crippen molar-refractivity contribution in [1.82, 2.24) is 14.9 Å². The minimum Gasteiger partial charge on any atom is -0.334 e. The van der Waals surface area contributed by atoms with Gasteiger partial charge in [0.2, 0.25) is 5.16 Å². The molecule has 0 radical (unpaired) electrons. The van der Waals surface area contributed by atoms with Crippen molar-refractivity contribution in [2.75, 3.05) is 12.1 Å². The van der Waals surface area contributed by atoms with Crippen LogP contribution in [-0.2, 0) is 6.42 Å². The van der Waals surface area contributed by atoms with E-state index < -0.39 is 0 Å². The SMILES string of the molecule is CCCCCc1nnc(SC)n(N)c1=O. The highest BCUT2D eigenvalue weighted by Crippen LogP contribution is 2.06. The second-order valence-corrected chi connectivity index (χ2v) is 4.04. The summed E-state index contributed by atoms with van der Waals surface area (Å²) in [6.45, 7) is 2.11. The molecule has 0 spiro atoms. The quantitative estimate of drug-likeness (QED) is 0.458. The smallest absolute Gasteiger partial charge is 0.294 e. The van der Waals surface area contributed by atoms with Gasteiger partial charge in [0.05, 0.1) is 0 Å². The normalized spacial score (nSPS) is 10.5.